The Kier molecular flexibility index (Phi) is 5.36. The first kappa shape index (κ1) is 15.8. The van der Waals surface area contributed by atoms with Gasteiger partial charge in [-0.2, -0.15) is 0 Å². The minimum atomic E-state index is -0.220. The number of para-hydroxylation sites is 1. The van der Waals surface area contributed by atoms with Gasteiger partial charge in [0, 0.05) is 12.6 Å². The first-order valence-electron chi connectivity index (χ1n) is 7.25. The number of rotatable bonds is 6. The average molecular weight is 300 g/mol. The summed E-state index contributed by atoms with van der Waals surface area (Å²) in [5.74, 6) is 0.259. The van der Waals surface area contributed by atoms with Crippen molar-refractivity contribution in [2.75, 3.05) is 11.9 Å². The number of carbonyl (C=O) groups is 2. The predicted molar refractivity (Wildman–Crippen MR) is 84.2 cm³/mol. The van der Waals surface area contributed by atoms with E-state index in [0.717, 1.165) is 17.7 Å². The molecule has 2 aromatic rings. The van der Waals surface area contributed by atoms with Crippen LogP contribution in [0, 0.1) is 0 Å². The van der Waals surface area contributed by atoms with Crippen molar-refractivity contribution in [1.82, 2.24) is 4.90 Å². The van der Waals surface area contributed by atoms with Gasteiger partial charge in [0.25, 0.3) is 0 Å². The Labute approximate surface area is 129 Å². The maximum absolute atomic E-state index is 12.2. The van der Waals surface area contributed by atoms with E-state index < -0.39 is 0 Å². The Morgan fingerprint density at radius 1 is 1.18 bits per heavy atom. The molecule has 0 atom stereocenters. The molecule has 116 valence electrons. The number of carbonyl (C=O) groups excluding carboxylic acids is 2. The van der Waals surface area contributed by atoms with Crippen LogP contribution in [0.5, 0.6) is 0 Å². The van der Waals surface area contributed by atoms with E-state index >= 15 is 0 Å². The third-order valence-corrected chi connectivity index (χ3v) is 3.38. The summed E-state index contributed by atoms with van der Waals surface area (Å²) in [6.07, 6.45) is 2.38. The first-order valence-corrected chi connectivity index (χ1v) is 7.25. The molecule has 1 N–H and O–H groups in total. The molecule has 0 aliphatic carbocycles. The van der Waals surface area contributed by atoms with Crippen LogP contribution in [0.15, 0.2) is 47.1 Å². The molecular weight excluding hydrogens is 280 g/mol. The van der Waals surface area contributed by atoms with Crippen molar-refractivity contribution in [3.8, 4) is 0 Å². The maximum atomic E-state index is 12.2. The highest BCUT2D eigenvalue weighted by Gasteiger charge is 2.16. The van der Waals surface area contributed by atoms with Gasteiger partial charge in [-0.3, -0.25) is 9.59 Å². The number of hydrogen-bond donors (Lipinski definition) is 1. The van der Waals surface area contributed by atoms with Crippen molar-refractivity contribution in [3.05, 3.63) is 54.0 Å². The van der Waals surface area contributed by atoms with Crippen LogP contribution in [-0.2, 0) is 22.6 Å². The van der Waals surface area contributed by atoms with Gasteiger partial charge in [-0.15, -0.1) is 0 Å². The van der Waals surface area contributed by atoms with Gasteiger partial charge in [-0.05, 0) is 30.2 Å². The zero-order chi connectivity index (χ0) is 15.9. The molecule has 0 bridgehead atoms. The van der Waals surface area contributed by atoms with Crippen molar-refractivity contribution < 1.29 is 14.0 Å². The second-order valence-corrected chi connectivity index (χ2v) is 5.01. The van der Waals surface area contributed by atoms with Gasteiger partial charge in [-0.25, -0.2) is 0 Å². The minimum Gasteiger partial charge on any atom is -0.467 e. The lowest BCUT2D eigenvalue weighted by atomic mass is 10.1. The molecule has 0 unspecified atom stereocenters. The van der Waals surface area contributed by atoms with Crippen LogP contribution in [0.3, 0.4) is 0 Å². The topological polar surface area (TPSA) is 62.6 Å². The fraction of sp³-hybridized carbons (Fsp3) is 0.294. The summed E-state index contributed by atoms with van der Waals surface area (Å²) >= 11 is 0. The Hall–Kier alpha value is -2.56. The standard InChI is InChI=1S/C17H20N2O3/c1-3-14-7-4-5-9-16(14)18-17(21)12-19(13(2)20)11-15-8-6-10-22-15/h4-10H,3,11-12H2,1-2H3,(H,18,21). The molecule has 0 fully saturated rings. The highest BCUT2D eigenvalue weighted by Crippen LogP contribution is 2.15. The molecule has 2 amide bonds. The van der Waals surface area contributed by atoms with Crippen LogP contribution in [0.4, 0.5) is 5.69 Å². The van der Waals surface area contributed by atoms with Crippen LogP contribution in [0.2, 0.25) is 0 Å². The van der Waals surface area contributed by atoms with Crippen LogP contribution in [0.25, 0.3) is 0 Å². The second-order valence-electron chi connectivity index (χ2n) is 5.01. The Bertz CT molecular complexity index is 635. The maximum Gasteiger partial charge on any atom is 0.244 e. The smallest absolute Gasteiger partial charge is 0.244 e. The van der Waals surface area contributed by atoms with Crippen molar-refractivity contribution in [1.29, 1.82) is 0 Å². The molecule has 1 aromatic heterocycles. The average Bonchev–Trinajstić information content (AvgIpc) is 3.00. The Balaban J connectivity index is 2.00. The summed E-state index contributed by atoms with van der Waals surface area (Å²) in [5.41, 5.74) is 1.85. The molecular formula is C17H20N2O3. The molecule has 1 aromatic carbocycles. The quantitative estimate of drug-likeness (QED) is 0.892. The number of hydrogen-bond acceptors (Lipinski definition) is 3. The molecule has 5 heteroatoms. The Morgan fingerprint density at radius 3 is 2.59 bits per heavy atom. The van der Waals surface area contributed by atoms with Gasteiger partial charge in [-0.1, -0.05) is 25.1 Å². The molecule has 0 saturated heterocycles. The Morgan fingerprint density at radius 2 is 1.95 bits per heavy atom. The fourth-order valence-electron chi connectivity index (χ4n) is 2.18. The van der Waals surface area contributed by atoms with E-state index in [9.17, 15) is 9.59 Å². The number of nitrogens with zero attached hydrogens (tertiary/aromatic N) is 1. The zero-order valence-electron chi connectivity index (χ0n) is 12.8. The van der Waals surface area contributed by atoms with Crippen LogP contribution in [0.1, 0.15) is 25.2 Å². The van der Waals surface area contributed by atoms with Crippen molar-refractivity contribution in [2.24, 2.45) is 0 Å². The number of furan rings is 1. The van der Waals surface area contributed by atoms with E-state index in [2.05, 4.69) is 5.32 Å². The molecule has 5 nitrogen and oxygen atoms in total. The second kappa shape index (κ2) is 7.45. The zero-order valence-corrected chi connectivity index (χ0v) is 12.8. The molecule has 22 heavy (non-hydrogen) atoms. The number of aryl methyl sites for hydroxylation is 1. The third-order valence-electron chi connectivity index (χ3n) is 3.38. The van der Waals surface area contributed by atoms with E-state index in [-0.39, 0.29) is 24.9 Å². The lowest BCUT2D eigenvalue weighted by molar-refractivity contribution is -0.133. The van der Waals surface area contributed by atoms with Gasteiger partial charge >= 0.3 is 0 Å². The monoisotopic (exact) mass is 300 g/mol. The molecule has 0 saturated carbocycles. The normalized spacial score (nSPS) is 10.3. The van der Waals surface area contributed by atoms with E-state index in [1.807, 2.05) is 31.2 Å². The molecule has 1 heterocycles. The van der Waals surface area contributed by atoms with Gasteiger partial charge in [0.15, 0.2) is 0 Å². The highest BCUT2D eigenvalue weighted by atomic mass is 16.3. The summed E-state index contributed by atoms with van der Waals surface area (Å²) in [5, 5.41) is 2.86. The summed E-state index contributed by atoms with van der Waals surface area (Å²) in [7, 11) is 0. The van der Waals surface area contributed by atoms with Crippen molar-refractivity contribution in [3.63, 3.8) is 0 Å². The minimum absolute atomic E-state index is 0.00587. The molecule has 0 aliphatic rings. The molecule has 0 aliphatic heterocycles. The van der Waals surface area contributed by atoms with Crippen LogP contribution >= 0.6 is 0 Å². The van der Waals surface area contributed by atoms with Gasteiger partial charge < -0.3 is 14.6 Å². The number of nitrogens with one attached hydrogen (secondary N) is 1. The number of amides is 2. The van der Waals surface area contributed by atoms with Crippen LogP contribution < -0.4 is 5.32 Å². The largest absolute Gasteiger partial charge is 0.467 e. The highest BCUT2D eigenvalue weighted by molar-refractivity contribution is 5.94. The van der Waals surface area contributed by atoms with E-state index in [1.54, 1.807) is 18.4 Å². The lowest BCUT2D eigenvalue weighted by Gasteiger charge is -2.19. The van der Waals surface area contributed by atoms with Crippen molar-refractivity contribution >= 4 is 17.5 Å². The SMILES string of the molecule is CCc1ccccc1NC(=O)CN(Cc1ccco1)C(C)=O. The van der Waals surface area contributed by atoms with E-state index in [4.69, 9.17) is 4.42 Å². The first-order chi connectivity index (χ1) is 10.6. The van der Waals surface area contributed by atoms with Gasteiger partial charge in [0.1, 0.15) is 12.3 Å². The lowest BCUT2D eigenvalue weighted by Crippen LogP contribution is -2.36. The van der Waals surface area contributed by atoms with E-state index in [1.165, 1.54) is 11.8 Å². The fourth-order valence-corrected chi connectivity index (χ4v) is 2.18. The third kappa shape index (κ3) is 4.22. The van der Waals surface area contributed by atoms with Crippen LogP contribution in [-0.4, -0.2) is 23.3 Å². The molecule has 2 rings (SSSR count). The molecule has 0 spiro atoms. The van der Waals surface area contributed by atoms with Crippen molar-refractivity contribution in [2.45, 2.75) is 26.8 Å². The summed E-state index contributed by atoms with van der Waals surface area (Å²) in [6, 6.07) is 11.2. The summed E-state index contributed by atoms with van der Waals surface area (Å²) in [6.45, 7) is 3.75. The van der Waals surface area contributed by atoms with Gasteiger partial charge in [0.05, 0.1) is 12.8 Å². The summed E-state index contributed by atoms with van der Waals surface area (Å²) in [4.78, 5) is 25.3. The van der Waals surface area contributed by atoms with E-state index in [0.29, 0.717) is 5.76 Å². The molecule has 0 radical (unpaired) electrons. The number of anilines is 1. The van der Waals surface area contributed by atoms with Gasteiger partial charge in [0.2, 0.25) is 11.8 Å². The number of benzene rings is 1. The predicted octanol–water partition coefficient (Wildman–Crippen LogP) is 2.83. The summed E-state index contributed by atoms with van der Waals surface area (Å²) < 4.78 is 5.22.